The number of rotatable bonds is 11. The van der Waals surface area contributed by atoms with Crippen molar-refractivity contribution in [3.05, 3.63) is 119 Å². The largest absolute Gasteiger partial charge is 0.484 e. The lowest BCUT2D eigenvalue weighted by molar-refractivity contribution is -0.119. The zero-order valence-electron chi connectivity index (χ0n) is 23.0. The van der Waals surface area contributed by atoms with Crippen LogP contribution >= 0.6 is 11.6 Å². The maximum absolute atomic E-state index is 13.5. The molecule has 9 nitrogen and oxygen atoms in total. The second-order valence-corrected chi connectivity index (χ2v) is 11.6. The monoisotopic (exact) mass is 604 g/mol. The van der Waals surface area contributed by atoms with Crippen molar-refractivity contribution in [3.8, 4) is 5.75 Å². The number of nitrogens with one attached hydrogen (secondary N) is 2. The number of aryl methyl sites for hydroxylation is 2. The van der Waals surface area contributed by atoms with Crippen LogP contribution in [0.3, 0.4) is 0 Å². The molecule has 0 unspecified atom stereocenters. The fourth-order valence-corrected chi connectivity index (χ4v) is 5.63. The van der Waals surface area contributed by atoms with Gasteiger partial charge in [-0.05, 0) is 91.2 Å². The summed E-state index contributed by atoms with van der Waals surface area (Å²) in [6.07, 6.45) is 1.42. The highest BCUT2D eigenvalue weighted by molar-refractivity contribution is 7.92. The molecule has 0 bridgehead atoms. The molecule has 42 heavy (non-hydrogen) atoms. The van der Waals surface area contributed by atoms with Crippen LogP contribution < -0.4 is 19.8 Å². The van der Waals surface area contributed by atoms with E-state index in [0.29, 0.717) is 27.7 Å². The normalized spacial score (nSPS) is 11.2. The molecule has 0 spiro atoms. The molecular formula is C31H29ClN4O5S. The van der Waals surface area contributed by atoms with E-state index in [9.17, 15) is 18.0 Å². The number of nitrogens with zero attached hydrogens (tertiary/aromatic N) is 2. The van der Waals surface area contributed by atoms with Crippen LogP contribution in [0.2, 0.25) is 5.02 Å². The van der Waals surface area contributed by atoms with Crippen molar-refractivity contribution < 1.29 is 22.7 Å². The molecule has 2 amide bonds. The summed E-state index contributed by atoms with van der Waals surface area (Å²) in [7, 11) is -4.02. The number of ether oxygens (including phenoxy) is 1. The Balaban J connectivity index is 1.36. The standard InChI is InChI=1S/C31H29ClN4O5S/c1-22-16-23(2)18-25(17-22)36(42(39,40)27-8-4-3-5-9-27)20-30(37)35-33-19-24-12-14-26(15-13-24)41-21-31(38)34-29-11-7-6-10-28(29)32/h3-19H,20-21H2,1-2H3,(H,34,38)(H,35,37)/b33-19-. The number of hydrazone groups is 1. The van der Waals surface area contributed by atoms with E-state index < -0.39 is 22.5 Å². The SMILES string of the molecule is Cc1cc(C)cc(N(CC(=O)N/N=C\c2ccc(OCC(=O)Nc3ccccc3Cl)cc2)S(=O)(=O)c2ccccc2)c1. The molecule has 0 saturated heterocycles. The van der Waals surface area contributed by atoms with Crippen LogP contribution in [0.1, 0.15) is 16.7 Å². The van der Waals surface area contributed by atoms with Gasteiger partial charge < -0.3 is 10.1 Å². The van der Waals surface area contributed by atoms with Crippen LogP contribution in [-0.2, 0) is 19.6 Å². The molecule has 0 atom stereocenters. The quantitative estimate of drug-likeness (QED) is 0.177. The third-order valence-corrected chi connectivity index (χ3v) is 8.03. The first-order chi connectivity index (χ1) is 20.1. The summed E-state index contributed by atoms with van der Waals surface area (Å²) in [6.45, 7) is 3.04. The van der Waals surface area contributed by atoms with E-state index in [1.165, 1.54) is 18.3 Å². The van der Waals surface area contributed by atoms with Crippen molar-refractivity contribution in [1.29, 1.82) is 0 Å². The average Bonchev–Trinajstić information content (AvgIpc) is 2.96. The van der Waals surface area contributed by atoms with Crippen LogP contribution in [0, 0.1) is 13.8 Å². The molecule has 0 heterocycles. The molecule has 0 aliphatic carbocycles. The second kappa shape index (κ2) is 13.8. The summed E-state index contributed by atoms with van der Waals surface area (Å²) in [5.41, 5.74) is 5.65. The van der Waals surface area contributed by atoms with Gasteiger partial charge in [0.2, 0.25) is 0 Å². The Hall–Kier alpha value is -4.67. The Morgan fingerprint density at radius 1 is 0.881 bits per heavy atom. The average molecular weight is 605 g/mol. The topological polar surface area (TPSA) is 117 Å². The number of carbonyl (C=O) groups excluding carboxylic acids is 2. The van der Waals surface area contributed by atoms with Crippen molar-refractivity contribution in [3.63, 3.8) is 0 Å². The second-order valence-electron chi connectivity index (χ2n) is 9.35. The van der Waals surface area contributed by atoms with E-state index >= 15 is 0 Å². The predicted octanol–water partition coefficient (Wildman–Crippen LogP) is 5.32. The number of sulfonamides is 1. The Bertz CT molecular complexity index is 1670. The first-order valence-electron chi connectivity index (χ1n) is 12.9. The molecule has 0 fully saturated rings. The van der Waals surface area contributed by atoms with E-state index in [2.05, 4.69) is 15.8 Å². The fraction of sp³-hybridized carbons (Fsp3) is 0.129. The number of para-hydroxylation sites is 1. The Kier molecular flexibility index (Phi) is 9.95. The first kappa shape index (κ1) is 30.3. The highest BCUT2D eigenvalue weighted by Crippen LogP contribution is 2.26. The summed E-state index contributed by atoms with van der Waals surface area (Å²) in [5, 5.41) is 7.08. The van der Waals surface area contributed by atoms with Gasteiger partial charge in [0.1, 0.15) is 12.3 Å². The maximum atomic E-state index is 13.5. The summed E-state index contributed by atoms with van der Waals surface area (Å²) in [5.74, 6) is -0.518. The first-order valence-corrected chi connectivity index (χ1v) is 14.7. The molecule has 11 heteroatoms. The van der Waals surface area contributed by atoms with Gasteiger partial charge in [0.25, 0.3) is 21.8 Å². The zero-order valence-corrected chi connectivity index (χ0v) is 24.5. The van der Waals surface area contributed by atoms with Crippen LogP contribution in [0.4, 0.5) is 11.4 Å². The summed E-state index contributed by atoms with van der Waals surface area (Å²) >= 11 is 6.05. The van der Waals surface area contributed by atoms with E-state index in [-0.39, 0.29) is 17.4 Å². The molecular weight excluding hydrogens is 576 g/mol. The number of hydrogen-bond donors (Lipinski definition) is 2. The molecule has 0 aliphatic heterocycles. The number of anilines is 2. The third-order valence-electron chi connectivity index (χ3n) is 5.91. The van der Waals surface area contributed by atoms with E-state index in [1.807, 2.05) is 19.9 Å². The molecule has 2 N–H and O–H groups in total. The van der Waals surface area contributed by atoms with Gasteiger partial charge in [-0.15, -0.1) is 0 Å². The minimum absolute atomic E-state index is 0.0733. The van der Waals surface area contributed by atoms with Gasteiger partial charge in [-0.1, -0.05) is 48.0 Å². The molecule has 0 saturated carbocycles. The van der Waals surface area contributed by atoms with E-state index in [0.717, 1.165) is 15.4 Å². The molecule has 4 aromatic carbocycles. The minimum Gasteiger partial charge on any atom is -0.484 e. The smallest absolute Gasteiger partial charge is 0.264 e. The Morgan fingerprint density at radius 2 is 1.52 bits per heavy atom. The van der Waals surface area contributed by atoms with Crippen LogP contribution in [-0.4, -0.2) is 39.6 Å². The third kappa shape index (κ3) is 8.18. The van der Waals surface area contributed by atoms with Crippen molar-refractivity contribution in [2.45, 2.75) is 18.7 Å². The van der Waals surface area contributed by atoms with Crippen molar-refractivity contribution >= 4 is 51.0 Å². The zero-order chi connectivity index (χ0) is 30.1. The summed E-state index contributed by atoms with van der Waals surface area (Å²) in [6, 6.07) is 26.9. The van der Waals surface area contributed by atoms with Crippen molar-refractivity contribution in [2.24, 2.45) is 5.10 Å². The molecule has 0 aliphatic rings. The maximum Gasteiger partial charge on any atom is 0.264 e. The van der Waals surface area contributed by atoms with Crippen LogP contribution in [0.15, 0.2) is 107 Å². The fourth-order valence-electron chi connectivity index (χ4n) is 4.02. The van der Waals surface area contributed by atoms with Gasteiger partial charge >= 0.3 is 0 Å². The summed E-state index contributed by atoms with van der Waals surface area (Å²) < 4.78 is 33.6. The van der Waals surface area contributed by atoms with Gasteiger partial charge in [-0.2, -0.15) is 5.10 Å². The van der Waals surface area contributed by atoms with Crippen LogP contribution in [0.25, 0.3) is 0 Å². The molecule has 216 valence electrons. The Morgan fingerprint density at radius 3 is 2.19 bits per heavy atom. The highest BCUT2D eigenvalue weighted by Gasteiger charge is 2.27. The van der Waals surface area contributed by atoms with E-state index in [4.69, 9.17) is 16.3 Å². The van der Waals surface area contributed by atoms with Crippen molar-refractivity contribution in [1.82, 2.24) is 5.43 Å². The highest BCUT2D eigenvalue weighted by atomic mass is 35.5. The van der Waals surface area contributed by atoms with E-state index in [1.54, 1.807) is 78.9 Å². The number of amides is 2. The van der Waals surface area contributed by atoms with Gasteiger partial charge in [0, 0.05) is 0 Å². The lowest BCUT2D eigenvalue weighted by Crippen LogP contribution is -2.39. The van der Waals surface area contributed by atoms with Gasteiger partial charge in [-0.25, -0.2) is 13.8 Å². The number of hydrogen-bond acceptors (Lipinski definition) is 6. The van der Waals surface area contributed by atoms with Gasteiger partial charge in [-0.3, -0.25) is 13.9 Å². The van der Waals surface area contributed by atoms with Crippen LogP contribution in [0.5, 0.6) is 5.75 Å². The molecule has 0 radical (unpaired) electrons. The lowest BCUT2D eigenvalue weighted by Gasteiger charge is -2.24. The molecule has 4 rings (SSSR count). The molecule has 0 aromatic heterocycles. The number of carbonyl (C=O) groups is 2. The van der Waals surface area contributed by atoms with Gasteiger partial charge in [0.05, 0.1) is 27.5 Å². The van der Waals surface area contributed by atoms with Crippen molar-refractivity contribution in [2.75, 3.05) is 22.8 Å². The minimum atomic E-state index is -4.02. The molecule has 4 aromatic rings. The number of halogens is 1. The lowest BCUT2D eigenvalue weighted by atomic mass is 10.1. The Labute approximate surface area is 249 Å². The summed E-state index contributed by atoms with van der Waals surface area (Å²) in [4.78, 5) is 25.1. The predicted molar refractivity (Wildman–Crippen MR) is 165 cm³/mol. The number of benzene rings is 4. The van der Waals surface area contributed by atoms with Gasteiger partial charge in [0.15, 0.2) is 6.61 Å².